The van der Waals surface area contributed by atoms with Gasteiger partial charge in [-0.25, -0.2) is 9.97 Å². The summed E-state index contributed by atoms with van der Waals surface area (Å²) in [7, 11) is 1.64. The van der Waals surface area contributed by atoms with Crippen LogP contribution in [-0.4, -0.2) is 27.3 Å². The van der Waals surface area contributed by atoms with E-state index in [0.717, 1.165) is 11.6 Å². The number of hydrogen-bond acceptors (Lipinski definition) is 4. The van der Waals surface area contributed by atoms with E-state index in [1.165, 1.54) is 12.1 Å². The second-order valence-corrected chi connectivity index (χ2v) is 7.86. The van der Waals surface area contributed by atoms with Crippen LogP contribution >= 0.6 is 0 Å². The third-order valence-corrected chi connectivity index (χ3v) is 5.24. The van der Waals surface area contributed by atoms with Gasteiger partial charge in [0.25, 0.3) is 5.91 Å². The lowest BCUT2D eigenvalue weighted by Crippen LogP contribution is -2.20. The maximum Gasteiger partial charge on any atom is 0.417 e. The van der Waals surface area contributed by atoms with E-state index in [1.807, 2.05) is 25.4 Å². The molecule has 2 aromatic heterocycles. The number of benzene rings is 2. The molecule has 0 bridgehead atoms. The quantitative estimate of drug-likeness (QED) is 0.446. The zero-order valence-corrected chi connectivity index (χ0v) is 18.3. The summed E-state index contributed by atoms with van der Waals surface area (Å²) in [5.41, 5.74) is 2.48. The highest BCUT2D eigenvalue weighted by Crippen LogP contribution is 2.34. The number of carbonyl (C=O) groups is 1. The van der Waals surface area contributed by atoms with Crippen LogP contribution in [0.15, 0.2) is 55.0 Å². The van der Waals surface area contributed by atoms with Gasteiger partial charge in [0, 0.05) is 36.4 Å². The van der Waals surface area contributed by atoms with Crippen molar-refractivity contribution in [3.63, 3.8) is 0 Å². The minimum absolute atomic E-state index is 0.263. The fraction of sp³-hybridized carbons (Fsp3) is 0.208. The van der Waals surface area contributed by atoms with Gasteiger partial charge in [-0.15, -0.1) is 0 Å². The molecule has 0 aliphatic rings. The van der Waals surface area contributed by atoms with Gasteiger partial charge < -0.3 is 10.6 Å². The number of nitrogens with zero attached hydrogens (tertiary/aromatic N) is 3. The molecule has 2 heterocycles. The molecule has 0 unspecified atom stereocenters. The van der Waals surface area contributed by atoms with Crippen LogP contribution in [-0.2, 0) is 12.7 Å². The molecule has 0 spiro atoms. The Morgan fingerprint density at radius 2 is 1.88 bits per heavy atom. The van der Waals surface area contributed by atoms with Gasteiger partial charge in [0.15, 0.2) is 0 Å². The average Bonchev–Trinajstić information content (AvgIpc) is 3.18. The van der Waals surface area contributed by atoms with Crippen LogP contribution in [0.1, 0.15) is 32.6 Å². The standard InChI is InChI=1S/C24H22F3N5O/c1-14-10-29-23-31-21(13-32(23)12-14)17-6-4-15(2)20(9-17)30-22(33)18-7-5-16(11-28-3)8-19(18)24(25,26)27/h4-10,12-13,28H,11H2,1-3H3,(H,30,33). The molecule has 33 heavy (non-hydrogen) atoms. The number of carbonyl (C=O) groups excluding carboxylic acids is 1. The first-order valence-corrected chi connectivity index (χ1v) is 10.2. The molecular weight excluding hydrogens is 431 g/mol. The summed E-state index contributed by atoms with van der Waals surface area (Å²) in [4.78, 5) is 21.6. The van der Waals surface area contributed by atoms with Crippen molar-refractivity contribution in [2.45, 2.75) is 26.6 Å². The number of hydrogen-bond donors (Lipinski definition) is 2. The summed E-state index contributed by atoms with van der Waals surface area (Å²) >= 11 is 0. The Bertz CT molecular complexity index is 1340. The third kappa shape index (κ3) is 4.73. The van der Waals surface area contributed by atoms with Crippen LogP contribution in [0.4, 0.5) is 18.9 Å². The summed E-state index contributed by atoms with van der Waals surface area (Å²) in [6.45, 7) is 3.96. The van der Waals surface area contributed by atoms with E-state index in [1.54, 1.807) is 36.7 Å². The molecule has 170 valence electrons. The highest BCUT2D eigenvalue weighted by atomic mass is 19.4. The molecule has 1 amide bonds. The SMILES string of the molecule is CNCc1ccc(C(=O)Nc2cc(-c3cn4cc(C)cnc4n3)ccc2C)c(C(F)(F)F)c1. The van der Waals surface area contributed by atoms with Crippen molar-refractivity contribution < 1.29 is 18.0 Å². The van der Waals surface area contributed by atoms with Gasteiger partial charge in [0.2, 0.25) is 5.78 Å². The van der Waals surface area contributed by atoms with Crippen LogP contribution < -0.4 is 10.6 Å². The highest BCUT2D eigenvalue weighted by molar-refractivity contribution is 6.06. The number of aromatic nitrogens is 3. The van der Waals surface area contributed by atoms with Gasteiger partial charge in [-0.3, -0.25) is 9.20 Å². The molecule has 9 heteroatoms. The molecule has 0 saturated heterocycles. The first-order chi connectivity index (χ1) is 15.7. The average molecular weight is 453 g/mol. The molecule has 4 rings (SSSR count). The van der Waals surface area contributed by atoms with Gasteiger partial charge >= 0.3 is 6.18 Å². The number of halogens is 3. The van der Waals surface area contributed by atoms with Crippen LogP contribution in [0.3, 0.4) is 0 Å². The normalized spacial score (nSPS) is 11.7. The molecule has 0 fully saturated rings. The van der Waals surface area contributed by atoms with Crippen molar-refractivity contribution in [3.8, 4) is 11.3 Å². The Morgan fingerprint density at radius 3 is 2.61 bits per heavy atom. The highest BCUT2D eigenvalue weighted by Gasteiger charge is 2.35. The van der Waals surface area contributed by atoms with E-state index in [9.17, 15) is 18.0 Å². The maximum absolute atomic E-state index is 13.6. The first-order valence-electron chi connectivity index (χ1n) is 10.2. The van der Waals surface area contributed by atoms with Gasteiger partial charge in [-0.1, -0.05) is 18.2 Å². The van der Waals surface area contributed by atoms with Crippen molar-refractivity contribution in [2.24, 2.45) is 0 Å². The minimum Gasteiger partial charge on any atom is -0.322 e. The van der Waals surface area contributed by atoms with Crippen molar-refractivity contribution in [3.05, 3.63) is 82.8 Å². The fourth-order valence-corrected chi connectivity index (χ4v) is 3.57. The Morgan fingerprint density at radius 1 is 1.09 bits per heavy atom. The van der Waals surface area contributed by atoms with Crippen molar-refractivity contribution in [2.75, 3.05) is 12.4 Å². The second-order valence-electron chi connectivity index (χ2n) is 7.86. The van der Waals surface area contributed by atoms with E-state index in [0.29, 0.717) is 33.8 Å². The number of imidazole rings is 1. The lowest BCUT2D eigenvalue weighted by atomic mass is 10.0. The molecule has 0 aliphatic carbocycles. The van der Waals surface area contributed by atoms with Gasteiger partial charge in [0.05, 0.1) is 16.8 Å². The molecule has 0 radical (unpaired) electrons. The van der Waals surface area contributed by atoms with E-state index in [4.69, 9.17) is 0 Å². The summed E-state index contributed by atoms with van der Waals surface area (Å²) in [5, 5.41) is 5.45. The van der Waals surface area contributed by atoms with Crippen LogP contribution in [0.2, 0.25) is 0 Å². The molecule has 2 N–H and O–H groups in total. The number of nitrogens with one attached hydrogen (secondary N) is 2. The lowest BCUT2D eigenvalue weighted by Gasteiger charge is -2.16. The Labute approximate surface area is 188 Å². The summed E-state index contributed by atoms with van der Waals surface area (Å²) in [6, 6.07) is 9.04. The molecule has 6 nitrogen and oxygen atoms in total. The Kier molecular flexibility index (Phi) is 5.90. The predicted molar refractivity (Wildman–Crippen MR) is 120 cm³/mol. The van der Waals surface area contributed by atoms with Crippen molar-refractivity contribution >= 4 is 17.4 Å². The molecular formula is C24H22F3N5O. The molecule has 4 aromatic rings. The smallest absolute Gasteiger partial charge is 0.322 e. The Hall–Kier alpha value is -3.72. The van der Waals surface area contributed by atoms with E-state index in [-0.39, 0.29) is 6.54 Å². The largest absolute Gasteiger partial charge is 0.417 e. The van der Waals surface area contributed by atoms with Crippen molar-refractivity contribution in [1.29, 1.82) is 0 Å². The minimum atomic E-state index is -4.66. The van der Waals surface area contributed by atoms with Gasteiger partial charge in [-0.2, -0.15) is 13.2 Å². The van der Waals surface area contributed by atoms with Crippen LogP contribution in [0.5, 0.6) is 0 Å². The van der Waals surface area contributed by atoms with Gasteiger partial charge in [-0.05, 0) is 55.8 Å². The number of aryl methyl sites for hydroxylation is 2. The maximum atomic E-state index is 13.6. The van der Waals surface area contributed by atoms with E-state index < -0.39 is 23.2 Å². The Balaban J connectivity index is 1.67. The molecule has 2 aromatic carbocycles. The molecule has 0 atom stereocenters. The van der Waals surface area contributed by atoms with Crippen LogP contribution in [0, 0.1) is 13.8 Å². The molecule has 0 saturated carbocycles. The number of alkyl halides is 3. The van der Waals surface area contributed by atoms with Crippen molar-refractivity contribution in [1.82, 2.24) is 19.7 Å². The fourth-order valence-electron chi connectivity index (χ4n) is 3.57. The number of fused-ring (bicyclic) bond motifs is 1. The van der Waals surface area contributed by atoms with Gasteiger partial charge in [0.1, 0.15) is 0 Å². The van der Waals surface area contributed by atoms with Crippen LogP contribution in [0.25, 0.3) is 17.0 Å². The topological polar surface area (TPSA) is 71.3 Å². The zero-order chi connectivity index (χ0) is 23.8. The summed E-state index contributed by atoms with van der Waals surface area (Å²) in [6.07, 6.45) is 0.766. The monoisotopic (exact) mass is 453 g/mol. The number of anilines is 1. The van der Waals surface area contributed by atoms with E-state index >= 15 is 0 Å². The van der Waals surface area contributed by atoms with E-state index in [2.05, 4.69) is 20.6 Å². The zero-order valence-electron chi connectivity index (χ0n) is 18.3. The lowest BCUT2D eigenvalue weighted by molar-refractivity contribution is -0.137. The number of rotatable bonds is 5. The predicted octanol–water partition coefficient (Wildman–Crippen LogP) is 5.00. The third-order valence-electron chi connectivity index (χ3n) is 5.24. The summed E-state index contributed by atoms with van der Waals surface area (Å²) in [5.74, 6) is -0.302. The second kappa shape index (κ2) is 8.67. The summed E-state index contributed by atoms with van der Waals surface area (Å²) < 4.78 is 42.7. The number of amides is 1. The molecule has 0 aliphatic heterocycles. The first kappa shape index (κ1) is 22.5.